The zero-order chi connectivity index (χ0) is 20.3. The molecule has 1 aromatic heterocycles. The number of benzene rings is 2. The molecule has 0 amide bonds. The molecule has 0 radical (unpaired) electrons. The molecule has 0 saturated carbocycles. The van der Waals surface area contributed by atoms with Crippen LogP contribution in [0.4, 0.5) is 0 Å². The average molecular weight is 380 g/mol. The maximum absolute atomic E-state index is 12.0. The highest BCUT2D eigenvalue weighted by molar-refractivity contribution is 5.81. The maximum Gasteiger partial charge on any atom is 0.344 e. The van der Waals surface area contributed by atoms with E-state index in [4.69, 9.17) is 13.9 Å². The monoisotopic (exact) mass is 380 g/mol. The Kier molecular flexibility index (Phi) is 5.54. The van der Waals surface area contributed by atoms with Crippen molar-refractivity contribution in [1.29, 1.82) is 0 Å². The van der Waals surface area contributed by atoms with Crippen LogP contribution in [-0.4, -0.2) is 12.6 Å². The molecule has 5 nitrogen and oxygen atoms in total. The van der Waals surface area contributed by atoms with Gasteiger partial charge in [0.15, 0.2) is 6.61 Å². The Labute approximate surface area is 163 Å². The minimum Gasteiger partial charge on any atom is -0.482 e. The molecule has 1 heterocycles. The molecular weight excluding hydrogens is 356 g/mol. The highest BCUT2D eigenvalue weighted by Crippen LogP contribution is 2.23. The van der Waals surface area contributed by atoms with Gasteiger partial charge in [0.2, 0.25) is 0 Å². The van der Waals surface area contributed by atoms with E-state index in [0.29, 0.717) is 11.3 Å². The van der Waals surface area contributed by atoms with Gasteiger partial charge in [-0.15, -0.1) is 0 Å². The summed E-state index contributed by atoms with van der Waals surface area (Å²) in [5.74, 6) is -0.0292. The Balaban J connectivity index is 1.56. The summed E-state index contributed by atoms with van der Waals surface area (Å²) in [5.41, 5.74) is 3.07. The van der Waals surface area contributed by atoms with Crippen LogP contribution in [0, 0.1) is 6.92 Å². The summed E-state index contributed by atoms with van der Waals surface area (Å²) in [6, 6.07) is 14.6. The first-order chi connectivity index (χ1) is 13.2. The molecule has 0 atom stereocenters. The van der Waals surface area contributed by atoms with Gasteiger partial charge in [0.25, 0.3) is 0 Å². The summed E-state index contributed by atoms with van der Waals surface area (Å²) in [6.07, 6.45) is 0. The standard InChI is InChI=1S/C23H24O5/c1-15-11-21(24)28-20-12-18(9-10-19(15)20)26-14-22(25)27-13-16-5-7-17(8-6-16)23(2,3)4/h5-12H,13-14H2,1-4H3. The summed E-state index contributed by atoms with van der Waals surface area (Å²) in [6.45, 7) is 8.26. The van der Waals surface area contributed by atoms with E-state index >= 15 is 0 Å². The van der Waals surface area contributed by atoms with Crippen LogP contribution in [0.1, 0.15) is 37.5 Å². The number of ether oxygens (including phenoxy) is 2. The molecule has 0 aliphatic rings. The lowest BCUT2D eigenvalue weighted by Gasteiger charge is -2.19. The van der Waals surface area contributed by atoms with Crippen molar-refractivity contribution >= 4 is 16.9 Å². The van der Waals surface area contributed by atoms with Crippen LogP contribution in [0.2, 0.25) is 0 Å². The molecule has 0 saturated heterocycles. The zero-order valence-electron chi connectivity index (χ0n) is 16.6. The summed E-state index contributed by atoms with van der Waals surface area (Å²) < 4.78 is 15.9. The van der Waals surface area contributed by atoms with Crippen LogP contribution in [0.3, 0.4) is 0 Å². The number of aryl methyl sites for hydroxylation is 1. The van der Waals surface area contributed by atoms with E-state index in [0.717, 1.165) is 16.5 Å². The first kappa shape index (κ1) is 19.7. The molecule has 0 fully saturated rings. The van der Waals surface area contributed by atoms with E-state index in [1.807, 2.05) is 31.2 Å². The highest BCUT2D eigenvalue weighted by atomic mass is 16.6. The van der Waals surface area contributed by atoms with Gasteiger partial charge in [0, 0.05) is 17.5 Å². The average Bonchev–Trinajstić information content (AvgIpc) is 2.64. The molecule has 3 rings (SSSR count). The number of hydrogen-bond donors (Lipinski definition) is 0. The first-order valence-electron chi connectivity index (χ1n) is 9.15. The smallest absolute Gasteiger partial charge is 0.344 e. The van der Waals surface area contributed by atoms with Gasteiger partial charge in [-0.3, -0.25) is 0 Å². The largest absolute Gasteiger partial charge is 0.482 e. The van der Waals surface area contributed by atoms with Crippen LogP contribution in [0.25, 0.3) is 11.0 Å². The highest BCUT2D eigenvalue weighted by Gasteiger charge is 2.13. The predicted octanol–water partition coefficient (Wildman–Crippen LogP) is 4.52. The Hall–Kier alpha value is -3.08. The maximum atomic E-state index is 12.0. The normalized spacial score (nSPS) is 11.4. The number of fused-ring (bicyclic) bond motifs is 1. The Morgan fingerprint density at radius 1 is 1.04 bits per heavy atom. The zero-order valence-corrected chi connectivity index (χ0v) is 16.6. The molecule has 146 valence electrons. The third-order valence-corrected chi connectivity index (χ3v) is 4.50. The van der Waals surface area contributed by atoms with E-state index in [2.05, 4.69) is 20.8 Å². The summed E-state index contributed by atoms with van der Waals surface area (Å²) >= 11 is 0. The fourth-order valence-corrected chi connectivity index (χ4v) is 2.84. The van der Waals surface area contributed by atoms with Gasteiger partial charge >= 0.3 is 11.6 Å². The third kappa shape index (κ3) is 4.80. The molecule has 0 bridgehead atoms. The topological polar surface area (TPSA) is 65.7 Å². The number of carbonyl (C=O) groups excluding carboxylic acids is 1. The molecule has 0 N–H and O–H groups in total. The molecule has 5 heteroatoms. The molecule has 3 aromatic rings. The van der Waals surface area contributed by atoms with Gasteiger partial charge < -0.3 is 13.9 Å². The van der Waals surface area contributed by atoms with E-state index in [1.54, 1.807) is 18.2 Å². The molecule has 0 aliphatic heterocycles. The fraction of sp³-hybridized carbons (Fsp3) is 0.304. The minimum atomic E-state index is -0.467. The summed E-state index contributed by atoms with van der Waals surface area (Å²) in [7, 11) is 0. The van der Waals surface area contributed by atoms with Crippen molar-refractivity contribution in [3.63, 3.8) is 0 Å². The lowest BCUT2D eigenvalue weighted by molar-refractivity contribution is -0.147. The van der Waals surface area contributed by atoms with Crippen molar-refractivity contribution in [2.24, 2.45) is 0 Å². The second-order valence-corrected chi connectivity index (χ2v) is 7.80. The van der Waals surface area contributed by atoms with Crippen molar-refractivity contribution in [3.8, 4) is 5.75 Å². The van der Waals surface area contributed by atoms with Crippen molar-refractivity contribution < 1.29 is 18.7 Å². The van der Waals surface area contributed by atoms with E-state index in [-0.39, 0.29) is 18.6 Å². The Bertz CT molecular complexity index is 1040. The molecule has 28 heavy (non-hydrogen) atoms. The molecular formula is C23H24O5. The van der Waals surface area contributed by atoms with E-state index in [1.165, 1.54) is 11.6 Å². The third-order valence-electron chi connectivity index (χ3n) is 4.50. The van der Waals surface area contributed by atoms with Crippen LogP contribution in [-0.2, 0) is 21.6 Å². The molecule has 0 aliphatic carbocycles. The molecule has 0 spiro atoms. The number of hydrogen-bond acceptors (Lipinski definition) is 5. The van der Waals surface area contributed by atoms with Crippen LogP contribution >= 0.6 is 0 Å². The second kappa shape index (κ2) is 7.89. The second-order valence-electron chi connectivity index (χ2n) is 7.80. The Morgan fingerprint density at radius 3 is 2.43 bits per heavy atom. The van der Waals surface area contributed by atoms with E-state index in [9.17, 15) is 9.59 Å². The van der Waals surface area contributed by atoms with Crippen molar-refractivity contribution in [2.75, 3.05) is 6.61 Å². The molecule has 2 aromatic carbocycles. The van der Waals surface area contributed by atoms with Crippen molar-refractivity contribution in [3.05, 3.63) is 75.6 Å². The summed E-state index contributed by atoms with van der Waals surface area (Å²) in [5, 5.41) is 0.827. The number of carbonyl (C=O) groups is 1. The van der Waals surface area contributed by atoms with Crippen LogP contribution in [0.15, 0.2) is 57.7 Å². The predicted molar refractivity (Wildman–Crippen MR) is 108 cm³/mol. The van der Waals surface area contributed by atoms with Gasteiger partial charge in [-0.05, 0) is 41.2 Å². The lowest BCUT2D eigenvalue weighted by atomic mass is 9.87. The van der Waals surface area contributed by atoms with Crippen molar-refractivity contribution in [2.45, 2.75) is 39.7 Å². The van der Waals surface area contributed by atoms with Crippen LogP contribution in [0.5, 0.6) is 5.75 Å². The van der Waals surface area contributed by atoms with Gasteiger partial charge in [-0.2, -0.15) is 0 Å². The van der Waals surface area contributed by atoms with Crippen molar-refractivity contribution in [1.82, 2.24) is 0 Å². The SMILES string of the molecule is Cc1cc(=O)oc2cc(OCC(=O)OCc3ccc(C(C)(C)C)cc3)ccc12. The van der Waals surface area contributed by atoms with Gasteiger partial charge in [0.05, 0.1) is 0 Å². The van der Waals surface area contributed by atoms with Gasteiger partial charge in [-0.1, -0.05) is 45.0 Å². The fourth-order valence-electron chi connectivity index (χ4n) is 2.84. The van der Waals surface area contributed by atoms with Gasteiger partial charge in [0.1, 0.15) is 17.9 Å². The minimum absolute atomic E-state index is 0.0839. The van der Waals surface area contributed by atoms with Gasteiger partial charge in [-0.25, -0.2) is 9.59 Å². The lowest BCUT2D eigenvalue weighted by Crippen LogP contribution is -2.15. The van der Waals surface area contributed by atoms with Crippen LogP contribution < -0.4 is 10.4 Å². The number of rotatable bonds is 5. The first-order valence-corrected chi connectivity index (χ1v) is 9.15. The molecule has 0 unspecified atom stereocenters. The quantitative estimate of drug-likeness (QED) is 0.481. The Morgan fingerprint density at radius 2 is 1.75 bits per heavy atom. The van der Waals surface area contributed by atoms with E-state index < -0.39 is 11.6 Å². The number of esters is 1. The summed E-state index contributed by atoms with van der Waals surface area (Å²) in [4.78, 5) is 23.5.